The molecule has 0 radical (unpaired) electrons. The van der Waals surface area contributed by atoms with Crippen LogP contribution in [0.3, 0.4) is 0 Å². The lowest BCUT2D eigenvalue weighted by Crippen LogP contribution is -2.23. The fourth-order valence-electron chi connectivity index (χ4n) is 1.63. The summed E-state index contributed by atoms with van der Waals surface area (Å²) in [5.41, 5.74) is 2.56. The van der Waals surface area contributed by atoms with Crippen LogP contribution in [0, 0.1) is 0 Å². The highest BCUT2D eigenvalue weighted by atomic mass is 16.5. The molecule has 0 aliphatic rings. The second-order valence-electron chi connectivity index (χ2n) is 5.35. The van der Waals surface area contributed by atoms with Crippen molar-refractivity contribution in [1.82, 2.24) is 0 Å². The Morgan fingerprint density at radius 2 is 1.82 bits per heavy atom. The summed E-state index contributed by atoms with van der Waals surface area (Å²) in [6.45, 7) is 9.29. The SMILES string of the molecule is CC(C)=CCCC(C)(C)OCc1ccccc1. The van der Waals surface area contributed by atoms with Crippen LogP contribution in [0.25, 0.3) is 0 Å². The van der Waals surface area contributed by atoms with Crippen LogP contribution in [0.4, 0.5) is 0 Å². The van der Waals surface area contributed by atoms with E-state index in [0.29, 0.717) is 6.61 Å². The summed E-state index contributed by atoms with van der Waals surface area (Å²) in [5, 5.41) is 0. The molecule has 1 heteroatoms. The third-order valence-corrected chi connectivity index (χ3v) is 2.77. The fourth-order valence-corrected chi connectivity index (χ4v) is 1.63. The van der Waals surface area contributed by atoms with E-state index in [1.807, 2.05) is 6.07 Å². The van der Waals surface area contributed by atoms with Gasteiger partial charge in [0.05, 0.1) is 12.2 Å². The average molecular weight is 232 g/mol. The minimum atomic E-state index is -0.0538. The van der Waals surface area contributed by atoms with Gasteiger partial charge in [0, 0.05) is 0 Å². The van der Waals surface area contributed by atoms with Crippen molar-refractivity contribution in [1.29, 1.82) is 0 Å². The molecule has 0 aliphatic heterocycles. The lowest BCUT2D eigenvalue weighted by molar-refractivity contribution is -0.0342. The highest BCUT2D eigenvalue weighted by Gasteiger charge is 2.17. The number of allylic oxidation sites excluding steroid dienone is 2. The standard InChI is InChI=1S/C16H24O/c1-14(2)9-8-12-16(3,4)17-13-15-10-6-5-7-11-15/h5-7,9-11H,8,12-13H2,1-4H3. The highest BCUT2D eigenvalue weighted by molar-refractivity contribution is 5.13. The maximum Gasteiger partial charge on any atom is 0.0724 e. The minimum Gasteiger partial charge on any atom is -0.371 e. The Labute approximate surface area is 106 Å². The summed E-state index contributed by atoms with van der Waals surface area (Å²) in [5.74, 6) is 0. The largest absolute Gasteiger partial charge is 0.371 e. The van der Waals surface area contributed by atoms with Crippen LogP contribution < -0.4 is 0 Å². The highest BCUT2D eigenvalue weighted by Crippen LogP contribution is 2.19. The number of benzene rings is 1. The van der Waals surface area contributed by atoms with E-state index in [9.17, 15) is 0 Å². The minimum absolute atomic E-state index is 0.0538. The Bertz CT molecular complexity index is 345. The van der Waals surface area contributed by atoms with Gasteiger partial charge in [-0.3, -0.25) is 0 Å². The Morgan fingerprint density at radius 3 is 2.41 bits per heavy atom. The first-order chi connectivity index (χ1) is 7.99. The van der Waals surface area contributed by atoms with Crippen LogP contribution in [-0.4, -0.2) is 5.60 Å². The van der Waals surface area contributed by atoms with Gasteiger partial charge in [0.15, 0.2) is 0 Å². The first-order valence-corrected chi connectivity index (χ1v) is 6.31. The van der Waals surface area contributed by atoms with Crippen LogP contribution in [0.5, 0.6) is 0 Å². The molecule has 0 aromatic heterocycles. The zero-order valence-electron chi connectivity index (χ0n) is 11.5. The van der Waals surface area contributed by atoms with Crippen LogP contribution in [0.1, 0.15) is 46.1 Å². The molecule has 1 aromatic carbocycles. The van der Waals surface area contributed by atoms with E-state index < -0.39 is 0 Å². The number of hydrogen-bond acceptors (Lipinski definition) is 1. The lowest BCUT2D eigenvalue weighted by Gasteiger charge is -2.25. The van der Waals surface area contributed by atoms with Gasteiger partial charge in [-0.2, -0.15) is 0 Å². The summed E-state index contributed by atoms with van der Waals surface area (Å²) < 4.78 is 5.97. The van der Waals surface area contributed by atoms with Crippen LogP contribution in [0.15, 0.2) is 42.0 Å². The van der Waals surface area contributed by atoms with Crippen molar-refractivity contribution in [2.75, 3.05) is 0 Å². The van der Waals surface area contributed by atoms with Gasteiger partial charge >= 0.3 is 0 Å². The van der Waals surface area contributed by atoms with E-state index in [4.69, 9.17) is 4.74 Å². The molecule has 0 heterocycles. The first kappa shape index (κ1) is 14.0. The normalized spacial score (nSPS) is 11.3. The van der Waals surface area contributed by atoms with Crippen molar-refractivity contribution >= 4 is 0 Å². The van der Waals surface area contributed by atoms with Gasteiger partial charge < -0.3 is 4.74 Å². The topological polar surface area (TPSA) is 9.23 Å². The van der Waals surface area contributed by atoms with Crippen LogP contribution >= 0.6 is 0 Å². The number of rotatable bonds is 6. The molecule has 0 saturated carbocycles. The maximum absolute atomic E-state index is 5.97. The molecule has 17 heavy (non-hydrogen) atoms. The number of ether oxygens (including phenoxy) is 1. The van der Waals surface area contributed by atoms with E-state index in [-0.39, 0.29) is 5.60 Å². The fraction of sp³-hybridized carbons (Fsp3) is 0.500. The summed E-state index contributed by atoms with van der Waals surface area (Å²) in [4.78, 5) is 0. The quantitative estimate of drug-likeness (QED) is 0.644. The van der Waals surface area contributed by atoms with Gasteiger partial charge in [-0.1, -0.05) is 42.0 Å². The van der Waals surface area contributed by atoms with E-state index in [2.05, 4.69) is 58.0 Å². The molecule has 0 saturated heterocycles. The molecule has 0 bridgehead atoms. The van der Waals surface area contributed by atoms with E-state index in [1.54, 1.807) is 0 Å². The Balaban J connectivity index is 2.36. The molecule has 0 aliphatic carbocycles. The Morgan fingerprint density at radius 1 is 1.18 bits per heavy atom. The van der Waals surface area contributed by atoms with Crippen molar-refractivity contribution in [2.24, 2.45) is 0 Å². The van der Waals surface area contributed by atoms with E-state index in [0.717, 1.165) is 12.8 Å². The molecule has 1 nitrogen and oxygen atoms in total. The molecule has 1 aromatic rings. The smallest absolute Gasteiger partial charge is 0.0724 e. The molecule has 0 atom stereocenters. The van der Waals surface area contributed by atoms with Crippen LogP contribution in [-0.2, 0) is 11.3 Å². The van der Waals surface area contributed by atoms with Crippen molar-refractivity contribution in [3.8, 4) is 0 Å². The summed E-state index contributed by atoms with van der Waals surface area (Å²) in [6, 6.07) is 10.3. The Kier molecular flexibility index (Phi) is 5.43. The second-order valence-corrected chi connectivity index (χ2v) is 5.35. The van der Waals surface area contributed by atoms with Crippen LogP contribution in [0.2, 0.25) is 0 Å². The zero-order chi connectivity index (χ0) is 12.7. The van der Waals surface area contributed by atoms with Gasteiger partial charge in [-0.05, 0) is 46.1 Å². The predicted molar refractivity (Wildman–Crippen MR) is 74.0 cm³/mol. The molecule has 94 valence electrons. The average Bonchev–Trinajstić information content (AvgIpc) is 2.27. The zero-order valence-corrected chi connectivity index (χ0v) is 11.5. The molecule has 0 amide bonds. The predicted octanol–water partition coefficient (Wildman–Crippen LogP) is 4.73. The van der Waals surface area contributed by atoms with Crippen molar-refractivity contribution in [3.05, 3.63) is 47.5 Å². The molecule has 0 fully saturated rings. The van der Waals surface area contributed by atoms with Crippen molar-refractivity contribution < 1.29 is 4.74 Å². The monoisotopic (exact) mass is 232 g/mol. The third kappa shape index (κ3) is 6.28. The molecular weight excluding hydrogens is 208 g/mol. The van der Waals surface area contributed by atoms with Gasteiger partial charge in [-0.15, -0.1) is 0 Å². The van der Waals surface area contributed by atoms with Gasteiger partial charge in [0.25, 0.3) is 0 Å². The van der Waals surface area contributed by atoms with Gasteiger partial charge in [0.1, 0.15) is 0 Å². The summed E-state index contributed by atoms with van der Waals surface area (Å²) >= 11 is 0. The van der Waals surface area contributed by atoms with Crippen molar-refractivity contribution in [2.45, 2.75) is 52.7 Å². The summed E-state index contributed by atoms with van der Waals surface area (Å²) in [6.07, 6.45) is 4.42. The molecule has 1 rings (SSSR count). The van der Waals surface area contributed by atoms with Gasteiger partial charge in [-0.25, -0.2) is 0 Å². The first-order valence-electron chi connectivity index (χ1n) is 6.31. The molecule has 0 spiro atoms. The third-order valence-electron chi connectivity index (χ3n) is 2.77. The molecular formula is C16H24O. The lowest BCUT2D eigenvalue weighted by atomic mass is 10.0. The molecule has 0 unspecified atom stereocenters. The van der Waals surface area contributed by atoms with E-state index >= 15 is 0 Å². The number of hydrogen-bond donors (Lipinski definition) is 0. The van der Waals surface area contributed by atoms with Crippen molar-refractivity contribution in [3.63, 3.8) is 0 Å². The Hall–Kier alpha value is -1.08. The summed E-state index contributed by atoms with van der Waals surface area (Å²) in [7, 11) is 0. The molecule has 0 N–H and O–H groups in total. The maximum atomic E-state index is 5.97. The van der Waals surface area contributed by atoms with Gasteiger partial charge in [0.2, 0.25) is 0 Å². The van der Waals surface area contributed by atoms with E-state index in [1.165, 1.54) is 11.1 Å². The second kappa shape index (κ2) is 6.61.